The molecule has 3 N–H and O–H groups in total. The maximum absolute atomic E-state index is 15.1. The third-order valence-electron chi connectivity index (χ3n) is 7.46. The number of alkyl halides is 1. The van der Waals surface area contributed by atoms with E-state index in [4.69, 9.17) is 30.1 Å². The Labute approximate surface area is 251 Å². The molecule has 1 saturated heterocycles. The van der Waals surface area contributed by atoms with E-state index < -0.39 is 62.4 Å². The van der Waals surface area contributed by atoms with Gasteiger partial charge in [-0.25, -0.2) is 28.9 Å². The Bertz CT molecular complexity index is 1940. The van der Waals surface area contributed by atoms with E-state index in [1.54, 1.807) is 0 Å². The zero-order valence-electron chi connectivity index (χ0n) is 23.1. The van der Waals surface area contributed by atoms with Gasteiger partial charge >= 0.3 is 14.5 Å². The first-order chi connectivity index (χ1) is 20.7. The SMILES string of the molecule is Cn1cnc2c(ncn2[C@@H]2C[C@H](OP(=O)(O)O)C[C@H]2OP(O)(=S)OC[C@@H]2C[C@@H](F)[C@H](n3cnc4c(=O)n(C)cnc43)O2)c1=O. The normalized spacial score (nSPS) is 27.4. The molecule has 4 aromatic rings. The summed E-state index contributed by atoms with van der Waals surface area (Å²) >= 11 is 5.23. The second-order valence-electron chi connectivity index (χ2n) is 10.5. The van der Waals surface area contributed by atoms with Gasteiger partial charge in [0.25, 0.3) is 11.1 Å². The summed E-state index contributed by atoms with van der Waals surface area (Å²) < 4.78 is 53.9. The molecule has 5 heterocycles. The Morgan fingerprint density at radius 1 is 0.932 bits per heavy atom. The molecule has 0 bridgehead atoms. The third kappa shape index (κ3) is 6.06. The number of aromatic nitrogens is 8. The Balaban J connectivity index is 1.17. The van der Waals surface area contributed by atoms with Crippen molar-refractivity contribution in [3.63, 3.8) is 0 Å². The van der Waals surface area contributed by atoms with Gasteiger partial charge in [-0.2, -0.15) is 0 Å². The summed E-state index contributed by atoms with van der Waals surface area (Å²) in [6, 6.07) is -0.758. The number of imidazole rings is 2. The van der Waals surface area contributed by atoms with Crippen molar-refractivity contribution in [1.29, 1.82) is 0 Å². The summed E-state index contributed by atoms with van der Waals surface area (Å²) in [5.41, 5.74) is -0.362. The number of hydrogen-bond donors (Lipinski definition) is 3. The summed E-state index contributed by atoms with van der Waals surface area (Å²) in [4.78, 5) is 71.1. The van der Waals surface area contributed by atoms with Crippen LogP contribution in [0.3, 0.4) is 0 Å². The van der Waals surface area contributed by atoms with E-state index in [-0.39, 0.29) is 48.2 Å². The van der Waals surface area contributed by atoms with Crippen LogP contribution in [0.15, 0.2) is 34.9 Å². The Morgan fingerprint density at radius 2 is 1.52 bits per heavy atom. The van der Waals surface area contributed by atoms with Crippen LogP contribution in [-0.4, -0.2) is 84.0 Å². The van der Waals surface area contributed by atoms with Crippen LogP contribution < -0.4 is 11.1 Å². The van der Waals surface area contributed by atoms with E-state index in [1.807, 2.05) is 0 Å². The minimum absolute atomic E-state index is 0.000407. The molecule has 7 atom stereocenters. The minimum atomic E-state index is -4.88. The highest BCUT2D eigenvalue weighted by Gasteiger charge is 2.44. The zero-order chi connectivity index (χ0) is 31.6. The van der Waals surface area contributed by atoms with Gasteiger partial charge in [-0.15, -0.1) is 0 Å². The van der Waals surface area contributed by atoms with Crippen LogP contribution in [0, 0.1) is 0 Å². The lowest BCUT2D eigenvalue weighted by atomic mass is 10.2. The molecular weight excluding hydrogens is 649 g/mol. The summed E-state index contributed by atoms with van der Waals surface area (Å²) in [6.07, 6.45) is -0.595. The number of nitrogens with zero attached hydrogens (tertiary/aromatic N) is 8. The summed E-state index contributed by atoms with van der Waals surface area (Å²) in [7, 11) is -1.85. The molecule has 22 heteroatoms. The summed E-state index contributed by atoms with van der Waals surface area (Å²) in [5.74, 6) is 0. The first-order valence-electron chi connectivity index (χ1n) is 13.2. The Hall–Kier alpha value is -2.77. The maximum atomic E-state index is 15.1. The Kier molecular flexibility index (Phi) is 8.19. The van der Waals surface area contributed by atoms with Crippen LogP contribution in [0.5, 0.6) is 0 Å². The third-order valence-corrected chi connectivity index (χ3v) is 9.62. The molecule has 238 valence electrons. The van der Waals surface area contributed by atoms with Crippen LogP contribution in [0.2, 0.25) is 0 Å². The highest BCUT2D eigenvalue weighted by molar-refractivity contribution is 8.07. The van der Waals surface area contributed by atoms with Gasteiger partial charge < -0.3 is 42.2 Å². The van der Waals surface area contributed by atoms with Crippen molar-refractivity contribution in [3.05, 3.63) is 46.0 Å². The number of phosphoric ester groups is 1. The van der Waals surface area contributed by atoms with E-state index >= 15 is 4.39 Å². The fraction of sp³-hybridized carbons (Fsp3) is 0.545. The van der Waals surface area contributed by atoms with Gasteiger partial charge in [0.1, 0.15) is 6.17 Å². The smallest absolute Gasteiger partial charge is 0.349 e. The van der Waals surface area contributed by atoms with Crippen LogP contribution in [0.25, 0.3) is 22.3 Å². The van der Waals surface area contributed by atoms with Crippen LogP contribution in [-0.2, 0) is 48.8 Å². The number of aryl methyl sites for hydroxylation is 2. The molecule has 1 unspecified atom stereocenters. The van der Waals surface area contributed by atoms with Crippen molar-refractivity contribution >= 4 is 48.7 Å². The van der Waals surface area contributed by atoms with E-state index in [1.165, 1.54) is 57.7 Å². The van der Waals surface area contributed by atoms with Crippen LogP contribution in [0.4, 0.5) is 4.39 Å². The van der Waals surface area contributed by atoms with Crippen molar-refractivity contribution in [2.24, 2.45) is 14.1 Å². The predicted octanol–water partition coefficient (Wildman–Crippen LogP) is 0.331. The molecule has 0 radical (unpaired) electrons. The molecule has 0 aromatic carbocycles. The van der Waals surface area contributed by atoms with Gasteiger partial charge in [0.2, 0.25) is 0 Å². The molecule has 0 spiro atoms. The fourth-order valence-electron chi connectivity index (χ4n) is 5.47. The Morgan fingerprint density at radius 3 is 2.14 bits per heavy atom. The second-order valence-corrected chi connectivity index (χ2v) is 14.5. The first kappa shape index (κ1) is 31.2. The number of halogens is 1. The molecule has 1 aliphatic heterocycles. The highest BCUT2D eigenvalue weighted by atomic mass is 32.5. The lowest BCUT2D eigenvalue weighted by molar-refractivity contribution is -0.0348. The number of rotatable bonds is 9. The largest absolute Gasteiger partial charge is 0.469 e. The molecule has 18 nitrogen and oxygen atoms in total. The lowest BCUT2D eigenvalue weighted by Gasteiger charge is -2.26. The quantitative estimate of drug-likeness (QED) is 0.203. The van der Waals surface area contributed by atoms with E-state index in [9.17, 15) is 28.8 Å². The topological polar surface area (TPSA) is 220 Å². The second kappa shape index (κ2) is 11.5. The van der Waals surface area contributed by atoms with Gasteiger partial charge in [0.15, 0.2) is 28.6 Å². The maximum Gasteiger partial charge on any atom is 0.469 e. The molecule has 6 rings (SSSR count). The molecule has 2 aliphatic rings. The van der Waals surface area contributed by atoms with Crippen molar-refractivity contribution in [1.82, 2.24) is 38.2 Å². The molecule has 0 amide bonds. The number of ether oxygens (including phenoxy) is 1. The van der Waals surface area contributed by atoms with Crippen molar-refractivity contribution < 1.29 is 41.9 Å². The van der Waals surface area contributed by atoms with Crippen LogP contribution >= 0.6 is 14.5 Å². The highest BCUT2D eigenvalue weighted by Crippen LogP contribution is 2.52. The minimum Gasteiger partial charge on any atom is -0.349 e. The van der Waals surface area contributed by atoms with E-state index in [0.717, 1.165) is 0 Å². The van der Waals surface area contributed by atoms with E-state index in [0.29, 0.717) is 0 Å². The van der Waals surface area contributed by atoms with E-state index in [2.05, 4.69) is 19.9 Å². The summed E-state index contributed by atoms with van der Waals surface area (Å²) in [5, 5.41) is 0. The molecule has 1 saturated carbocycles. The van der Waals surface area contributed by atoms with Gasteiger partial charge in [-0.3, -0.25) is 18.7 Å². The molecular formula is C22H27FN8O10P2S. The van der Waals surface area contributed by atoms with Gasteiger partial charge in [-0.1, -0.05) is 0 Å². The average molecular weight is 677 g/mol. The fourth-order valence-corrected chi connectivity index (χ4v) is 7.53. The van der Waals surface area contributed by atoms with Crippen LogP contribution in [0.1, 0.15) is 31.5 Å². The van der Waals surface area contributed by atoms with Crippen molar-refractivity contribution in [3.8, 4) is 0 Å². The summed E-state index contributed by atoms with van der Waals surface area (Å²) in [6.45, 7) is -4.40. The number of hydrogen-bond acceptors (Lipinski definition) is 12. The number of fused-ring (bicyclic) bond motifs is 2. The standard InChI is InChI=1S/C22H27FN8O10P2S/c1-28-7-26-18-16(20(28)32)24-9-30(18)14-4-11(40-42(34,35)36)5-15(14)41-43(37,44)38-6-12-3-13(23)22(39-12)31-10-25-17-19(31)27-8-29(2)21(17)33/h7-15,22H,3-6H2,1-2H3,(H,37,44)(H2,34,35,36)/t11-,12-,13+,14+,15+,22+,43?/m0/s1. The molecule has 44 heavy (non-hydrogen) atoms. The molecule has 4 aromatic heterocycles. The van der Waals surface area contributed by atoms with Gasteiger partial charge in [0, 0.05) is 26.9 Å². The van der Waals surface area contributed by atoms with Crippen molar-refractivity contribution in [2.45, 2.75) is 56.0 Å². The molecule has 2 fully saturated rings. The average Bonchev–Trinajstić information content (AvgIpc) is 3.71. The predicted molar refractivity (Wildman–Crippen MR) is 151 cm³/mol. The van der Waals surface area contributed by atoms with Crippen molar-refractivity contribution in [2.75, 3.05) is 6.61 Å². The first-order valence-corrected chi connectivity index (χ1v) is 17.3. The lowest BCUT2D eigenvalue weighted by Crippen LogP contribution is -2.23. The van der Waals surface area contributed by atoms with Gasteiger partial charge in [0.05, 0.1) is 56.3 Å². The van der Waals surface area contributed by atoms with Gasteiger partial charge in [-0.05, 0) is 18.2 Å². The zero-order valence-corrected chi connectivity index (χ0v) is 25.7. The number of phosphoric acid groups is 1. The monoisotopic (exact) mass is 676 g/mol. The molecule has 1 aliphatic carbocycles.